The zero-order valence-electron chi connectivity index (χ0n) is 7.46. The highest BCUT2D eigenvalue weighted by Crippen LogP contribution is 2.18. The Hall–Kier alpha value is -0.930. The van der Waals surface area contributed by atoms with E-state index in [4.69, 9.17) is 16.9 Å². The number of nitrogens with zero attached hydrogens (tertiary/aromatic N) is 1. The smallest absolute Gasteiger partial charge is 0.178 e. The maximum absolute atomic E-state index is 11.4. The van der Waals surface area contributed by atoms with Gasteiger partial charge in [0.05, 0.1) is 11.4 Å². The van der Waals surface area contributed by atoms with E-state index in [0.717, 1.165) is 3.57 Å². The van der Waals surface area contributed by atoms with Gasteiger partial charge in [0.25, 0.3) is 0 Å². The summed E-state index contributed by atoms with van der Waals surface area (Å²) >= 11 is 7.39. The van der Waals surface area contributed by atoms with Gasteiger partial charge in [-0.25, -0.2) is 0 Å². The number of hydrogen-bond acceptors (Lipinski definition) is 3. The molecule has 0 atom stereocenters. The third-order valence-corrected chi connectivity index (χ3v) is 2.66. The largest absolute Gasteiger partial charge is 0.298 e. The van der Waals surface area contributed by atoms with Gasteiger partial charge in [0.2, 0.25) is 0 Å². The van der Waals surface area contributed by atoms with E-state index in [1.165, 1.54) is 0 Å². The molecule has 1 aromatic carbocycles. The normalized spacial score (nSPS) is 9.40. The lowest BCUT2D eigenvalue weighted by molar-refractivity contribution is 0.102. The van der Waals surface area contributed by atoms with E-state index in [1.807, 2.05) is 28.7 Å². The Morgan fingerprint density at radius 2 is 2.27 bits per heavy atom. The van der Waals surface area contributed by atoms with Crippen LogP contribution >= 0.6 is 34.2 Å². The first-order chi connectivity index (χ1) is 7.13. The highest BCUT2D eigenvalue weighted by molar-refractivity contribution is 14.1. The fourth-order valence-corrected chi connectivity index (χ4v) is 1.93. The SMILES string of the molecule is N#Cc1c(C=O)cc(I)cc1C(=O)CCl. The van der Waals surface area contributed by atoms with Gasteiger partial charge in [-0.2, -0.15) is 5.26 Å². The van der Waals surface area contributed by atoms with Crippen molar-refractivity contribution in [2.75, 3.05) is 5.88 Å². The van der Waals surface area contributed by atoms with Crippen molar-refractivity contribution < 1.29 is 9.59 Å². The molecule has 0 saturated heterocycles. The first-order valence-corrected chi connectivity index (χ1v) is 5.53. The van der Waals surface area contributed by atoms with Crippen LogP contribution in [-0.4, -0.2) is 17.9 Å². The number of carbonyl (C=O) groups excluding carboxylic acids is 2. The van der Waals surface area contributed by atoms with E-state index in [9.17, 15) is 9.59 Å². The molecule has 0 aliphatic heterocycles. The molecule has 0 saturated carbocycles. The van der Waals surface area contributed by atoms with Crippen molar-refractivity contribution in [2.24, 2.45) is 0 Å². The van der Waals surface area contributed by atoms with E-state index >= 15 is 0 Å². The fourth-order valence-electron chi connectivity index (χ4n) is 1.14. The molecular formula is C10H5ClINO2. The monoisotopic (exact) mass is 333 g/mol. The number of halogens is 2. The second kappa shape index (κ2) is 5.24. The number of nitriles is 1. The maximum atomic E-state index is 11.4. The minimum Gasteiger partial charge on any atom is -0.298 e. The second-order valence-corrected chi connectivity index (χ2v) is 4.22. The van der Waals surface area contributed by atoms with Crippen LogP contribution in [0, 0.1) is 14.9 Å². The number of aldehydes is 1. The summed E-state index contributed by atoms with van der Waals surface area (Å²) in [6.07, 6.45) is 0.561. The molecule has 76 valence electrons. The third-order valence-electron chi connectivity index (χ3n) is 1.79. The van der Waals surface area contributed by atoms with Gasteiger partial charge >= 0.3 is 0 Å². The van der Waals surface area contributed by atoms with Crippen molar-refractivity contribution in [3.63, 3.8) is 0 Å². The summed E-state index contributed by atoms with van der Waals surface area (Å²) in [5.41, 5.74) is 0.524. The molecule has 1 rings (SSSR count). The van der Waals surface area contributed by atoms with Gasteiger partial charge in [-0.1, -0.05) is 0 Å². The molecule has 0 aromatic heterocycles. The quantitative estimate of drug-likeness (QED) is 0.369. The van der Waals surface area contributed by atoms with Gasteiger partial charge in [-0.05, 0) is 34.7 Å². The summed E-state index contributed by atoms with van der Waals surface area (Å²) in [5, 5.41) is 8.86. The first-order valence-electron chi connectivity index (χ1n) is 3.92. The predicted octanol–water partition coefficient (Wildman–Crippen LogP) is 2.40. The molecule has 15 heavy (non-hydrogen) atoms. The van der Waals surface area contributed by atoms with E-state index in [0.29, 0.717) is 6.29 Å². The van der Waals surface area contributed by atoms with Crippen molar-refractivity contribution in [1.29, 1.82) is 5.26 Å². The van der Waals surface area contributed by atoms with Crippen molar-refractivity contribution in [1.82, 2.24) is 0 Å². The molecule has 5 heteroatoms. The van der Waals surface area contributed by atoms with Crippen LogP contribution in [0.4, 0.5) is 0 Å². The van der Waals surface area contributed by atoms with E-state index < -0.39 is 0 Å². The number of ketones is 1. The number of hydrogen-bond donors (Lipinski definition) is 0. The number of benzene rings is 1. The minimum absolute atomic E-state index is 0.0936. The second-order valence-electron chi connectivity index (χ2n) is 2.70. The number of alkyl halides is 1. The zero-order valence-corrected chi connectivity index (χ0v) is 10.4. The molecule has 0 radical (unpaired) electrons. The third kappa shape index (κ3) is 2.55. The van der Waals surface area contributed by atoms with Gasteiger partial charge in [0, 0.05) is 14.7 Å². The van der Waals surface area contributed by atoms with Crippen molar-refractivity contribution >= 4 is 46.3 Å². The Kier molecular flexibility index (Phi) is 4.24. The molecule has 0 fully saturated rings. The van der Waals surface area contributed by atoms with Crippen molar-refractivity contribution in [3.8, 4) is 6.07 Å². The lowest BCUT2D eigenvalue weighted by Crippen LogP contribution is -2.06. The summed E-state index contributed by atoms with van der Waals surface area (Å²) in [4.78, 5) is 22.1. The van der Waals surface area contributed by atoms with Crippen LogP contribution in [0.3, 0.4) is 0 Å². The Labute approximate surface area is 105 Å². The van der Waals surface area contributed by atoms with E-state index in [2.05, 4.69) is 0 Å². The molecule has 0 aliphatic rings. The number of Topliss-reactive ketones (excluding diaryl/α,β-unsaturated/α-hetero) is 1. The molecule has 0 heterocycles. The average molecular weight is 334 g/mol. The number of carbonyl (C=O) groups is 2. The summed E-state index contributed by atoms with van der Waals surface area (Å²) in [5.74, 6) is -0.553. The van der Waals surface area contributed by atoms with Gasteiger partial charge < -0.3 is 0 Å². The molecule has 0 spiro atoms. The molecular weight excluding hydrogens is 328 g/mol. The predicted molar refractivity (Wildman–Crippen MR) is 64.3 cm³/mol. The van der Waals surface area contributed by atoms with Crippen LogP contribution in [0.2, 0.25) is 0 Å². The Morgan fingerprint density at radius 1 is 1.60 bits per heavy atom. The minimum atomic E-state index is -0.352. The Morgan fingerprint density at radius 3 is 2.73 bits per heavy atom. The Balaban J connectivity index is 3.50. The summed E-state index contributed by atoms with van der Waals surface area (Å²) in [7, 11) is 0. The highest BCUT2D eigenvalue weighted by Gasteiger charge is 2.15. The molecule has 3 nitrogen and oxygen atoms in total. The van der Waals surface area contributed by atoms with Crippen LogP contribution in [0.5, 0.6) is 0 Å². The van der Waals surface area contributed by atoms with E-state index in [-0.39, 0.29) is 28.4 Å². The summed E-state index contributed by atoms with van der Waals surface area (Å²) < 4.78 is 0.724. The summed E-state index contributed by atoms with van der Waals surface area (Å²) in [6.45, 7) is 0. The fraction of sp³-hybridized carbons (Fsp3) is 0.100. The maximum Gasteiger partial charge on any atom is 0.178 e. The molecule has 0 N–H and O–H groups in total. The summed E-state index contributed by atoms with van der Waals surface area (Å²) in [6, 6.07) is 4.95. The van der Waals surface area contributed by atoms with Crippen LogP contribution < -0.4 is 0 Å². The number of rotatable bonds is 3. The van der Waals surface area contributed by atoms with Crippen molar-refractivity contribution in [3.05, 3.63) is 32.4 Å². The van der Waals surface area contributed by atoms with Crippen molar-refractivity contribution in [2.45, 2.75) is 0 Å². The van der Waals surface area contributed by atoms with E-state index in [1.54, 1.807) is 12.1 Å². The molecule has 0 aliphatic carbocycles. The topological polar surface area (TPSA) is 57.9 Å². The standard InChI is InChI=1S/C10H5ClINO2/c11-3-10(15)8-2-7(12)1-6(5-14)9(8)4-13/h1-2,5H,3H2. The zero-order chi connectivity index (χ0) is 11.4. The lowest BCUT2D eigenvalue weighted by atomic mass is 10.0. The lowest BCUT2D eigenvalue weighted by Gasteiger charge is -2.04. The van der Waals surface area contributed by atoms with Gasteiger partial charge in [0.1, 0.15) is 6.07 Å². The first kappa shape index (κ1) is 12.1. The van der Waals surface area contributed by atoms with Gasteiger partial charge in [-0.15, -0.1) is 11.6 Å². The highest BCUT2D eigenvalue weighted by atomic mass is 127. The molecule has 0 bridgehead atoms. The van der Waals surface area contributed by atoms with Crippen LogP contribution in [-0.2, 0) is 0 Å². The Bertz CT molecular complexity index is 465. The van der Waals surface area contributed by atoms with Gasteiger partial charge in [0.15, 0.2) is 12.1 Å². The van der Waals surface area contributed by atoms with Gasteiger partial charge in [-0.3, -0.25) is 9.59 Å². The van der Waals surface area contributed by atoms with Crippen LogP contribution in [0.25, 0.3) is 0 Å². The average Bonchev–Trinajstić information content (AvgIpc) is 2.26. The van der Waals surface area contributed by atoms with Crippen LogP contribution in [0.15, 0.2) is 12.1 Å². The molecule has 0 unspecified atom stereocenters. The van der Waals surface area contributed by atoms with Crippen LogP contribution in [0.1, 0.15) is 26.3 Å². The molecule has 0 amide bonds. The molecule has 1 aromatic rings.